The molecule has 0 radical (unpaired) electrons. The van der Waals surface area contributed by atoms with E-state index in [1.54, 1.807) is 0 Å². The Morgan fingerprint density at radius 2 is 1.77 bits per heavy atom. The van der Waals surface area contributed by atoms with Gasteiger partial charge in [0, 0.05) is 6.08 Å². The van der Waals surface area contributed by atoms with Gasteiger partial charge >= 0.3 is 5.97 Å². The number of carboxylic acids is 1. The third-order valence-corrected chi connectivity index (χ3v) is 1.41. The van der Waals surface area contributed by atoms with E-state index < -0.39 is 34.6 Å². The van der Waals surface area contributed by atoms with Crippen molar-refractivity contribution >= 4 is 17.5 Å². The van der Waals surface area contributed by atoms with E-state index in [-0.39, 0.29) is 0 Å². The van der Waals surface area contributed by atoms with Crippen LogP contribution in [0.4, 0.5) is 0 Å². The Morgan fingerprint density at radius 3 is 2.23 bits per heavy atom. The number of hydrogen-bond donors (Lipinski definition) is 3. The van der Waals surface area contributed by atoms with E-state index >= 15 is 0 Å². The molecule has 0 unspecified atom stereocenters. The van der Waals surface area contributed by atoms with Crippen LogP contribution in [0.25, 0.3) is 0 Å². The summed E-state index contributed by atoms with van der Waals surface area (Å²) in [5.74, 6) is -6.32. The quantitative estimate of drug-likeness (QED) is 0.373. The molecule has 0 heterocycles. The van der Waals surface area contributed by atoms with Crippen molar-refractivity contribution in [3.63, 3.8) is 0 Å². The molecule has 0 saturated carbocycles. The predicted molar refractivity (Wildman–Crippen MR) is 38.0 cm³/mol. The Morgan fingerprint density at radius 1 is 1.23 bits per heavy atom. The molecule has 0 saturated heterocycles. The lowest BCUT2D eigenvalue weighted by Crippen LogP contribution is -2.24. The van der Waals surface area contributed by atoms with Crippen LogP contribution in [-0.2, 0) is 14.4 Å². The summed E-state index contributed by atoms with van der Waals surface area (Å²) in [7, 11) is 0. The van der Waals surface area contributed by atoms with Gasteiger partial charge in [-0.2, -0.15) is 0 Å². The zero-order valence-corrected chi connectivity index (χ0v) is 6.14. The van der Waals surface area contributed by atoms with Crippen LogP contribution < -0.4 is 0 Å². The number of aliphatic hydroxyl groups is 2. The summed E-state index contributed by atoms with van der Waals surface area (Å²) < 4.78 is 0. The Kier molecular flexibility index (Phi) is 1.89. The highest BCUT2D eigenvalue weighted by atomic mass is 16.4. The average molecular weight is 184 g/mol. The van der Waals surface area contributed by atoms with Crippen LogP contribution in [-0.4, -0.2) is 32.9 Å². The largest absolute Gasteiger partial charge is 0.507 e. The zero-order chi connectivity index (χ0) is 10.2. The Bertz CT molecular complexity index is 372. The maximum atomic E-state index is 10.7. The van der Waals surface area contributed by atoms with Gasteiger partial charge in [0.2, 0.25) is 5.78 Å². The van der Waals surface area contributed by atoms with E-state index in [0.717, 1.165) is 0 Å². The number of carboxylic acid groups (broad SMARTS) is 1. The van der Waals surface area contributed by atoms with Crippen molar-refractivity contribution in [2.45, 2.75) is 0 Å². The molecular weight excluding hydrogens is 180 g/mol. The fourth-order valence-corrected chi connectivity index (χ4v) is 0.824. The van der Waals surface area contributed by atoms with Crippen LogP contribution in [0.15, 0.2) is 23.2 Å². The smallest absolute Gasteiger partial charge is 0.343 e. The Hall–Kier alpha value is -2.11. The van der Waals surface area contributed by atoms with E-state index in [1.165, 1.54) is 0 Å². The van der Waals surface area contributed by atoms with Crippen LogP contribution in [0, 0.1) is 0 Å². The van der Waals surface area contributed by atoms with Gasteiger partial charge in [-0.3, -0.25) is 9.59 Å². The summed E-state index contributed by atoms with van der Waals surface area (Å²) in [6.45, 7) is 0. The minimum atomic E-state index is -1.67. The Balaban J connectivity index is 3.33. The van der Waals surface area contributed by atoms with Gasteiger partial charge in [-0.1, -0.05) is 0 Å². The maximum absolute atomic E-state index is 10.7. The minimum Gasteiger partial charge on any atom is -0.507 e. The van der Waals surface area contributed by atoms with Crippen molar-refractivity contribution in [1.82, 2.24) is 0 Å². The molecule has 0 aliphatic heterocycles. The molecule has 0 spiro atoms. The molecule has 13 heavy (non-hydrogen) atoms. The predicted octanol–water partition coefficient (Wildman–Crippen LogP) is -0.523. The number of allylic oxidation sites excluding steroid dienone is 2. The van der Waals surface area contributed by atoms with Crippen molar-refractivity contribution in [3.05, 3.63) is 23.2 Å². The third-order valence-electron chi connectivity index (χ3n) is 1.41. The molecule has 3 N–H and O–H groups in total. The lowest BCUT2D eigenvalue weighted by Gasteiger charge is -2.08. The van der Waals surface area contributed by atoms with Crippen LogP contribution in [0.1, 0.15) is 0 Å². The van der Waals surface area contributed by atoms with Crippen LogP contribution in [0.2, 0.25) is 0 Å². The first kappa shape index (κ1) is 8.98. The number of ketones is 2. The number of carbonyl (C=O) groups is 3. The van der Waals surface area contributed by atoms with Crippen LogP contribution in [0.3, 0.4) is 0 Å². The van der Waals surface area contributed by atoms with Crippen molar-refractivity contribution < 1.29 is 29.7 Å². The average Bonchev–Trinajstić information content (AvgIpc) is 1.99. The molecule has 1 aliphatic carbocycles. The van der Waals surface area contributed by atoms with Crippen LogP contribution >= 0.6 is 0 Å². The van der Waals surface area contributed by atoms with Gasteiger partial charge < -0.3 is 15.3 Å². The van der Waals surface area contributed by atoms with Crippen molar-refractivity contribution in [2.75, 3.05) is 0 Å². The van der Waals surface area contributed by atoms with Crippen molar-refractivity contribution in [1.29, 1.82) is 0 Å². The molecule has 68 valence electrons. The number of aliphatic carboxylic acids is 1. The molecule has 0 amide bonds. The molecule has 1 aliphatic rings. The van der Waals surface area contributed by atoms with Gasteiger partial charge in [0.15, 0.2) is 5.76 Å². The molecule has 0 atom stereocenters. The number of Topliss-reactive ketones (excluding diaryl/α,β-unsaturated/α-hetero) is 1. The number of rotatable bonds is 1. The zero-order valence-electron chi connectivity index (χ0n) is 6.14. The lowest BCUT2D eigenvalue weighted by molar-refractivity contribution is -0.135. The first-order valence-corrected chi connectivity index (χ1v) is 3.11. The van der Waals surface area contributed by atoms with E-state index in [2.05, 4.69) is 0 Å². The second-order valence-corrected chi connectivity index (χ2v) is 2.25. The molecule has 0 aromatic carbocycles. The summed E-state index contributed by atoms with van der Waals surface area (Å²) in [6.07, 6.45) is 0.450. The van der Waals surface area contributed by atoms with Gasteiger partial charge in [0.05, 0.1) is 0 Å². The summed E-state index contributed by atoms with van der Waals surface area (Å²) in [6, 6.07) is 0. The van der Waals surface area contributed by atoms with Gasteiger partial charge in [-0.15, -0.1) is 0 Å². The summed E-state index contributed by atoms with van der Waals surface area (Å²) in [5.41, 5.74) is -0.954. The molecule has 6 heteroatoms. The molecule has 0 aromatic heterocycles. The van der Waals surface area contributed by atoms with Gasteiger partial charge in [-0.05, 0) is 0 Å². The van der Waals surface area contributed by atoms with Crippen molar-refractivity contribution in [2.24, 2.45) is 0 Å². The second-order valence-electron chi connectivity index (χ2n) is 2.25. The normalized spacial score (nSPS) is 17.4. The molecular formula is C7H4O6. The summed E-state index contributed by atoms with van der Waals surface area (Å²) >= 11 is 0. The molecule has 0 bridgehead atoms. The molecule has 0 fully saturated rings. The van der Waals surface area contributed by atoms with E-state index in [9.17, 15) is 14.4 Å². The van der Waals surface area contributed by atoms with Crippen molar-refractivity contribution in [3.8, 4) is 0 Å². The van der Waals surface area contributed by atoms with E-state index in [1.807, 2.05) is 0 Å². The fourth-order valence-electron chi connectivity index (χ4n) is 0.824. The highest BCUT2D eigenvalue weighted by Crippen LogP contribution is 2.17. The number of aliphatic hydroxyl groups excluding tert-OH is 2. The van der Waals surface area contributed by atoms with E-state index in [0.29, 0.717) is 6.08 Å². The van der Waals surface area contributed by atoms with Gasteiger partial charge in [0.1, 0.15) is 11.3 Å². The SMILES string of the molecule is O=C(O)C1=C(O)C(=O)C(=O)C=C1O. The number of hydrogen-bond acceptors (Lipinski definition) is 5. The maximum Gasteiger partial charge on any atom is 0.343 e. The first-order valence-electron chi connectivity index (χ1n) is 3.11. The lowest BCUT2D eigenvalue weighted by atomic mass is 10.0. The summed E-state index contributed by atoms with van der Waals surface area (Å²) in [5, 5.41) is 26.2. The standard InChI is InChI=1S/C7H4O6/c8-2-1-3(9)5(10)6(11)4(2)7(12)13/h1,8,11H,(H,12,13). The topological polar surface area (TPSA) is 112 Å². The van der Waals surface area contributed by atoms with Crippen LogP contribution in [0.5, 0.6) is 0 Å². The number of carbonyl (C=O) groups excluding carboxylic acids is 2. The van der Waals surface area contributed by atoms with Gasteiger partial charge in [0.25, 0.3) is 5.78 Å². The highest BCUT2D eigenvalue weighted by molar-refractivity contribution is 6.48. The fraction of sp³-hybridized carbons (Fsp3) is 0. The molecule has 6 nitrogen and oxygen atoms in total. The molecule has 1 rings (SSSR count). The Labute approximate surface area is 71.4 Å². The third kappa shape index (κ3) is 1.28. The highest BCUT2D eigenvalue weighted by Gasteiger charge is 2.32. The summed E-state index contributed by atoms with van der Waals surface area (Å²) in [4.78, 5) is 31.7. The van der Waals surface area contributed by atoms with Gasteiger partial charge in [-0.25, -0.2) is 4.79 Å². The second kappa shape index (κ2) is 2.74. The first-order chi connectivity index (χ1) is 5.95. The molecule has 0 aromatic rings. The van der Waals surface area contributed by atoms with E-state index in [4.69, 9.17) is 15.3 Å². The monoisotopic (exact) mass is 184 g/mol. The minimum absolute atomic E-state index is 0.450.